The summed E-state index contributed by atoms with van der Waals surface area (Å²) in [6, 6.07) is 7.82. The van der Waals surface area contributed by atoms with E-state index >= 15 is 0 Å². The minimum atomic E-state index is -0.263. The molecule has 5 heteroatoms. The summed E-state index contributed by atoms with van der Waals surface area (Å²) in [6.07, 6.45) is 4.39. The molecule has 1 fully saturated rings. The molecule has 0 bridgehead atoms. The van der Waals surface area contributed by atoms with Gasteiger partial charge >= 0.3 is 0 Å². The number of aliphatic hydroxyl groups excluding tert-OH is 1. The van der Waals surface area contributed by atoms with Crippen molar-refractivity contribution in [2.75, 3.05) is 6.54 Å². The zero-order valence-corrected chi connectivity index (χ0v) is 11.3. The van der Waals surface area contributed by atoms with Gasteiger partial charge in [-0.2, -0.15) is 5.10 Å². The van der Waals surface area contributed by atoms with Gasteiger partial charge in [0.15, 0.2) is 0 Å². The molecule has 0 aliphatic heterocycles. The van der Waals surface area contributed by atoms with Crippen LogP contribution in [-0.2, 0) is 11.3 Å². The topological polar surface area (TPSA) is 67.2 Å². The molecule has 2 N–H and O–H groups in total. The molecular formula is C15H19N3O2. The fraction of sp³-hybridized carbons (Fsp3) is 0.467. The zero-order valence-electron chi connectivity index (χ0n) is 11.3. The molecule has 2 aromatic rings. The number of carbonyl (C=O) groups excluding carboxylic acids is 1. The predicted octanol–water partition coefficient (Wildman–Crippen LogP) is 1.31. The maximum atomic E-state index is 12.0. The molecule has 1 aromatic heterocycles. The molecule has 20 heavy (non-hydrogen) atoms. The van der Waals surface area contributed by atoms with Crippen molar-refractivity contribution in [3.05, 3.63) is 30.5 Å². The van der Waals surface area contributed by atoms with E-state index in [0.717, 1.165) is 30.2 Å². The average Bonchev–Trinajstić information content (AvgIpc) is 3.04. The van der Waals surface area contributed by atoms with Crippen molar-refractivity contribution in [1.29, 1.82) is 0 Å². The summed E-state index contributed by atoms with van der Waals surface area (Å²) in [5.41, 5.74) is 0.962. The van der Waals surface area contributed by atoms with Gasteiger partial charge in [0.1, 0.15) is 6.54 Å². The SMILES string of the molecule is O=C(Cn1ncc2ccccc21)NCC1CCCC1O. The van der Waals surface area contributed by atoms with Crippen LogP contribution in [0.1, 0.15) is 19.3 Å². The van der Waals surface area contributed by atoms with E-state index in [-0.39, 0.29) is 24.5 Å². The lowest BCUT2D eigenvalue weighted by molar-refractivity contribution is -0.122. The van der Waals surface area contributed by atoms with Crippen molar-refractivity contribution in [1.82, 2.24) is 15.1 Å². The molecule has 1 saturated carbocycles. The van der Waals surface area contributed by atoms with Crippen LogP contribution in [0.4, 0.5) is 0 Å². The number of para-hydroxylation sites is 1. The lowest BCUT2D eigenvalue weighted by atomic mass is 10.1. The Morgan fingerprint density at radius 3 is 3.05 bits per heavy atom. The number of hydrogen-bond donors (Lipinski definition) is 2. The largest absolute Gasteiger partial charge is 0.393 e. The molecular weight excluding hydrogens is 254 g/mol. The van der Waals surface area contributed by atoms with Crippen LogP contribution in [0.2, 0.25) is 0 Å². The van der Waals surface area contributed by atoms with E-state index in [9.17, 15) is 9.90 Å². The monoisotopic (exact) mass is 273 g/mol. The van der Waals surface area contributed by atoms with Crippen LogP contribution < -0.4 is 5.32 Å². The Hall–Kier alpha value is -1.88. The second-order valence-corrected chi connectivity index (χ2v) is 5.42. The quantitative estimate of drug-likeness (QED) is 0.882. The first-order valence-corrected chi connectivity index (χ1v) is 7.09. The summed E-state index contributed by atoms with van der Waals surface area (Å²) in [4.78, 5) is 12.0. The van der Waals surface area contributed by atoms with Crippen LogP contribution in [0, 0.1) is 5.92 Å². The van der Waals surface area contributed by atoms with Crippen molar-refractivity contribution < 1.29 is 9.90 Å². The highest BCUT2D eigenvalue weighted by Gasteiger charge is 2.25. The number of nitrogens with one attached hydrogen (secondary N) is 1. The van der Waals surface area contributed by atoms with Crippen LogP contribution in [0.3, 0.4) is 0 Å². The highest BCUT2D eigenvalue weighted by Crippen LogP contribution is 2.24. The molecule has 1 aliphatic carbocycles. The summed E-state index contributed by atoms with van der Waals surface area (Å²) < 4.78 is 1.70. The molecule has 1 amide bonds. The van der Waals surface area contributed by atoms with E-state index < -0.39 is 0 Å². The first-order valence-electron chi connectivity index (χ1n) is 7.09. The number of hydrogen-bond acceptors (Lipinski definition) is 3. The van der Waals surface area contributed by atoms with E-state index in [1.165, 1.54) is 0 Å². The van der Waals surface area contributed by atoms with Gasteiger partial charge in [0.2, 0.25) is 5.91 Å². The van der Waals surface area contributed by atoms with E-state index in [2.05, 4.69) is 10.4 Å². The summed E-state index contributed by atoms with van der Waals surface area (Å²) in [6.45, 7) is 0.773. The van der Waals surface area contributed by atoms with Crippen LogP contribution in [-0.4, -0.2) is 33.4 Å². The summed E-state index contributed by atoms with van der Waals surface area (Å²) in [5.74, 6) is 0.145. The summed E-state index contributed by atoms with van der Waals surface area (Å²) in [7, 11) is 0. The smallest absolute Gasteiger partial charge is 0.241 e. The average molecular weight is 273 g/mol. The number of benzene rings is 1. The maximum Gasteiger partial charge on any atom is 0.241 e. The summed E-state index contributed by atoms with van der Waals surface area (Å²) >= 11 is 0. The van der Waals surface area contributed by atoms with Gasteiger partial charge in [0, 0.05) is 17.8 Å². The van der Waals surface area contributed by atoms with Gasteiger partial charge in [-0.25, -0.2) is 0 Å². The lowest BCUT2D eigenvalue weighted by Gasteiger charge is -2.15. The van der Waals surface area contributed by atoms with Gasteiger partial charge in [0.25, 0.3) is 0 Å². The first-order chi connectivity index (χ1) is 9.74. The molecule has 5 nitrogen and oxygen atoms in total. The van der Waals surface area contributed by atoms with Crippen LogP contribution in [0.15, 0.2) is 30.5 Å². The van der Waals surface area contributed by atoms with Crippen LogP contribution in [0.5, 0.6) is 0 Å². The van der Waals surface area contributed by atoms with Crippen molar-refractivity contribution >= 4 is 16.8 Å². The molecule has 1 aliphatic rings. The van der Waals surface area contributed by atoms with Gasteiger partial charge in [-0.3, -0.25) is 9.48 Å². The number of carbonyl (C=O) groups is 1. The third kappa shape index (κ3) is 2.67. The molecule has 0 radical (unpaired) electrons. The van der Waals surface area contributed by atoms with E-state index in [0.29, 0.717) is 6.54 Å². The van der Waals surface area contributed by atoms with Gasteiger partial charge in [-0.1, -0.05) is 24.6 Å². The molecule has 0 saturated heterocycles. The Kier molecular flexibility index (Phi) is 3.69. The summed E-state index contributed by atoms with van der Waals surface area (Å²) in [5, 5.41) is 17.9. The second kappa shape index (κ2) is 5.63. The fourth-order valence-electron chi connectivity index (χ4n) is 2.84. The van der Waals surface area contributed by atoms with Gasteiger partial charge < -0.3 is 10.4 Å². The predicted molar refractivity (Wildman–Crippen MR) is 76.1 cm³/mol. The minimum absolute atomic E-state index is 0.0575. The molecule has 3 rings (SSSR count). The molecule has 0 spiro atoms. The number of aliphatic hydroxyl groups is 1. The number of amides is 1. The standard InChI is InChI=1S/C15H19N3O2/c19-14-7-3-5-12(14)8-16-15(20)10-18-13-6-2-1-4-11(13)9-17-18/h1-2,4,6,9,12,14,19H,3,5,7-8,10H2,(H,16,20). The van der Waals surface area contributed by atoms with Crippen LogP contribution >= 0.6 is 0 Å². The second-order valence-electron chi connectivity index (χ2n) is 5.42. The number of aromatic nitrogens is 2. The highest BCUT2D eigenvalue weighted by atomic mass is 16.3. The molecule has 1 heterocycles. The molecule has 2 atom stereocenters. The minimum Gasteiger partial charge on any atom is -0.393 e. The third-order valence-electron chi connectivity index (χ3n) is 4.02. The molecule has 2 unspecified atom stereocenters. The first kappa shape index (κ1) is 13.1. The Morgan fingerprint density at radius 2 is 2.25 bits per heavy atom. The van der Waals surface area contributed by atoms with E-state index in [1.54, 1.807) is 10.9 Å². The number of fused-ring (bicyclic) bond motifs is 1. The zero-order chi connectivity index (χ0) is 13.9. The van der Waals surface area contributed by atoms with Crippen molar-refractivity contribution in [3.63, 3.8) is 0 Å². The lowest BCUT2D eigenvalue weighted by Crippen LogP contribution is -2.34. The Morgan fingerprint density at radius 1 is 1.40 bits per heavy atom. The number of nitrogens with zero attached hydrogens (tertiary/aromatic N) is 2. The Balaban J connectivity index is 1.58. The Labute approximate surface area is 117 Å². The van der Waals surface area contributed by atoms with Crippen molar-refractivity contribution in [2.45, 2.75) is 31.9 Å². The number of rotatable bonds is 4. The normalized spacial score (nSPS) is 22.2. The van der Waals surface area contributed by atoms with E-state index in [1.807, 2.05) is 24.3 Å². The van der Waals surface area contributed by atoms with Crippen molar-refractivity contribution in [3.8, 4) is 0 Å². The molecule has 1 aromatic carbocycles. The van der Waals surface area contributed by atoms with Crippen molar-refractivity contribution in [2.24, 2.45) is 5.92 Å². The van der Waals surface area contributed by atoms with Gasteiger partial charge in [-0.15, -0.1) is 0 Å². The fourth-order valence-corrected chi connectivity index (χ4v) is 2.84. The Bertz CT molecular complexity index is 608. The third-order valence-corrected chi connectivity index (χ3v) is 4.02. The highest BCUT2D eigenvalue weighted by molar-refractivity contribution is 5.81. The van der Waals surface area contributed by atoms with Gasteiger partial charge in [0.05, 0.1) is 17.8 Å². The molecule has 106 valence electrons. The van der Waals surface area contributed by atoms with Gasteiger partial charge in [-0.05, 0) is 18.9 Å². The van der Waals surface area contributed by atoms with Crippen LogP contribution in [0.25, 0.3) is 10.9 Å². The van der Waals surface area contributed by atoms with E-state index in [4.69, 9.17) is 0 Å². The maximum absolute atomic E-state index is 12.0.